The van der Waals surface area contributed by atoms with Gasteiger partial charge in [-0.15, -0.1) is 0 Å². The highest BCUT2D eigenvalue weighted by Crippen LogP contribution is 2.12. The number of hydrogen-bond donors (Lipinski definition) is 2. The average molecular weight is 158 g/mol. The van der Waals surface area contributed by atoms with E-state index in [1.54, 1.807) is 6.92 Å². The zero-order chi connectivity index (χ0) is 9.02. The van der Waals surface area contributed by atoms with Crippen molar-refractivity contribution < 1.29 is 15.0 Å². The van der Waals surface area contributed by atoms with Crippen molar-refractivity contribution in [2.24, 2.45) is 0 Å². The van der Waals surface area contributed by atoms with Gasteiger partial charge in [-0.3, -0.25) is 0 Å². The monoisotopic (exact) mass is 158 g/mol. The van der Waals surface area contributed by atoms with Gasteiger partial charge in [-0.05, 0) is 25.8 Å². The lowest BCUT2D eigenvalue weighted by Gasteiger charge is -2.09. The summed E-state index contributed by atoms with van der Waals surface area (Å²) in [5.74, 6) is -0.956. The quantitative estimate of drug-likeness (QED) is 0.606. The highest BCUT2D eigenvalue weighted by Gasteiger charge is 2.11. The molecule has 0 amide bonds. The van der Waals surface area contributed by atoms with Crippen molar-refractivity contribution in [3.8, 4) is 0 Å². The van der Waals surface area contributed by atoms with Crippen LogP contribution in [0.25, 0.3) is 0 Å². The van der Waals surface area contributed by atoms with Crippen LogP contribution in [0.4, 0.5) is 0 Å². The van der Waals surface area contributed by atoms with Crippen molar-refractivity contribution in [2.75, 3.05) is 0 Å². The van der Waals surface area contributed by atoms with Crippen LogP contribution in [0.2, 0.25) is 0 Å². The minimum absolute atomic E-state index is 0.252. The fourth-order valence-electron chi connectivity index (χ4n) is 1.01. The van der Waals surface area contributed by atoms with Gasteiger partial charge in [0.05, 0.1) is 6.10 Å². The Morgan fingerprint density at radius 2 is 2.00 bits per heavy atom. The van der Waals surface area contributed by atoms with Crippen LogP contribution in [0.5, 0.6) is 0 Å². The summed E-state index contributed by atoms with van der Waals surface area (Å²) in [4.78, 5) is 10.4. The van der Waals surface area contributed by atoms with Gasteiger partial charge in [-0.2, -0.15) is 0 Å². The summed E-state index contributed by atoms with van der Waals surface area (Å²) in [7, 11) is 0. The number of aliphatic hydroxyl groups excluding tert-OH is 1. The fraction of sp³-hybridized carbons (Fsp3) is 0.625. The zero-order valence-electron chi connectivity index (χ0n) is 7.09. The molecule has 0 aromatic rings. The van der Waals surface area contributed by atoms with Gasteiger partial charge in [0.2, 0.25) is 0 Å². The molecule has 0 heterocycles. The second kappa shape index (κ2) is 4.13. The molecule has 0 bridgehead atoms. The van der Waals surface area contributed by atoms with E-state index in [4.69, 9.17) is 10.2 Å². The molecule has 0 aliphatic rings. The van der Waals surface area contributed by atoms with Gasteiger partial charge >= 0.3 is 5.97 Å². The summed E-state index contributed by atoms with van der Waals surface area (Å²) in [6, 6.07) is 0. The average Bonchev–Trinajstić information content (AvgIpc) is 1.88. The second-order valence-corrected chi connectivity index (χ2v) is 2.48. The van der Waals surface area contributed by atoms with E-state index in [-0.39, 0.29) is 5.57 Å². The molecular formula is C8H14O3. The largest absolute Gasteiger partial charge is 0.478 e. The third-order valence-electron chi connectivity index (χ3n) is 1.69. The van der Waals surface area contributed by atoms with E-state index < -0.39 is 12.1 Å². The molecule has 0 aromatic carbocycles. The third-order valence-corrected chi connectivity index (χ3v) is 1.69. The van der Waals surface area contributed by atoms with Crippen molar-refractivity contribution in [1.29, 1.82) is 0 Å². The molecule has 3 heteroatoms. The number of carboxylic acids is 1. The lowest BCUT2D eigenvalue weighted by Crippen LogP contribution is -2.10. The van der Waals surface area contributed by atoms with Gasteiger partial charge in [0, 0.05) is 5.57 Å². The van der Waals surface area contributed by atoms with Gasteiger partial charge in [-0.25, -0.2) is 4.79 Å². The van der Waals surface area contributed by atoms with Crippen molar-refractivity contribution >= 4 is 5.97 Å². The van der Waals surface area contributed by atoms with Crippen LogP contribution < -0.4 is 0 Å². The number of carbonyl (C=O) groups is 1. The number of aliphatic hydroxyl groups is 1. The molecule has 64 valence electrons. The van der Waals surface area contributed by atoms with Gasteiger partial charge < -0.3 is 10.2 Å². The van der Waals surface area contributed by atoms with E-state index in [1.165, 1.54) is 6.92 Å². The van der Waals surface area contributed by atoms with Crippen LogP contribution in [0.3, 0.4) is 0 Å². The molecule has 11 heavy (non-hydrogen) atoms. The molecule has 1 unspecified atom stereocenters. The van der Waals surface area contributed by atoms with Crippen LogP contribution >= 0.6 is 0 Å². The molecule has 0 aliphatic heterocycles. The molecule has 0 fully saturated rings. The van der Waals surface area contributed by atoms with E-state index in [0.717, 1.165) is 0 Å². The van der Waals surface area contributed by atoms with E-state index in [0.29, 0.717) is 12.0 Å². The molecule has 0 saturated carbocycles. The topological polar surface area (TPSA) is 57.5 Å². The Labute approximate surface area is 66.4 Å². The van der Waals surface area contributed by atoms with Crippen molar-refractivity contribution in [3.05, 3.63) is 11.1 Å². The predicted molar refractivity (Wildman–Crippen MR) is 42.3 cm³/mol. The Bertz CT molecular complexity index is 180. The second-order valence-electron chi connectivity index (χ2n) is 2.48. The first-order valence-electron chi connectivity index (χ1n) is 3.61. The first-order chi connectivity index (χ1) is 5.00. The van der Waals surface area contributed by atoms with Gasteiger partial charge in [0.1, 0.15) is 0 Å². The molecule has 0 spiro atoms. The lowest BCUT2D eigenvalue weighted by atomic mass is 10.0. The summed E-state index contributed by atoms with van der Waals surface area (Å²) in [6.07, 6.45) is -0.0772. The first-order valence-corrected chi connectivity index (χ1v) is 3.61. The van der Waals surface area contributed by atoms with E-state index in [9.17, 15) is 4.79 Å². The molecule has 1 atom stereocenters. The molecule has 2 N–H and O–H groups in total. The molecule has 0 rings (SSSR count). The normalized spacial score (nSPS) is 15.6. The Kier molecular flexibility index (Phi) is 3.82. The minimum Gasteiger partial charge on any atom is -0.478 e. The Morgan fingerprint density at radius 1 is 1.55 bits per heavy atom. The predicted octanol–water partition coefficient (Wildman–Crippen LogP) is 1.18. The zero-order valence-corrected chi connectivity index (χ0v) is 7.09. The maximum Gasteiger partial charge on any atom is 0.331 e. The minimum atomic E-state index is -0.956. The highest BCUT2D eigenvalue weighted by molar-refractivity contribution is 5.86. The summed E-state index contributed by atoms with van der Waals surface area (Å²) in [5, 5.41) is 17.7. The molecule has 0 aromatic heterocycles. The van der Waals surface area contributed by atoms with Gasteiger partial charge in [-0.1, -0.05) is 6.92 Å². The number of aliphatic carboxylic acids is 1. The highest BCUT2D eigenvalue weighted by atomic mass is 16.4. The summed E-state index contributed by atoms with van der Waals surface area (Å²) < 4.78 is 0. The number of rotatable bonds is 3. The maximum atomic E-state index is 10.4. The van der Waals surface area contributed by atoms with Crippen LogP contribution in [0.15, 0.2) is 11.1 Å². The summed E-state index contributed by atoms with van der Waals surface area (Å²) in [5.41, 5.74) is 0.847. The maximum absolute atomic E-state index is 10.4. The van der Waals surface area contributed by atoms with Crippen LogP contribution in [-0.2, 0) is 4.79 Å². The smallest absolute Gasteiger partial charge is 0.331 e. The van der Waals surface area contributed by atoms with Crippen LogP contribution in [-0.4, -0.2) is 22.3 Å². The van der Waals surface area contributed by atoms with Gasteiger partial charge in [0.25, 0.3) is 0 Å². The van der Waals surface area contributed by atoms with Crippen LogP contribution in [0, 0.1) is 0 Å². The summed E-state index contributed by atoms with van der Waals surface area (Å²) >= 11 is 0. The van der Waals surface area contributed by atoms with Crippen molar-refractivity contribution in [2.45, 2.75) is 33.3 Å². The molecule has 3 nitrogen and oxygen atoms in total. The fourth-order valence-corrected chi connectivity index (χ4v) is 1.01. The Hall–Kier alpha value is -0.830. The Morgan fingerprint density at radius 3 is 2.09 bits per heavy atom. The number of carboxylic acid groups (broad SMARTS) is 1. The first kappa shape index (κ1) is 10.2. The van der Waals surface area contributed by atoms with E-state index in [2.05, 4.69) is 0 Å². The van der Waals surface area contributed by atoms with Gasteiger partial charge in [0.15, 0.2) is 0 Å². The standard InChI is InChI=1S/C8H14O3/c1-4-7(6(3)9)5(2)8(10)11/h6,9H,4H2,1-3H3,(H,10,11)/b7-5+. The molecule has 0 saturated heterocycles. The van der Waals surface area contributed by atoms with Crippen molar-refractivity contribution in [1.82, 2.24) is 0 Å². The summed E-state index contributed by atoms with van der Waals surface area (Å²) in [6.45, 7) is 4.91. The Balaban J connectivity index is 4.68. The third kappa shape index (κ3) is 2.72. The molecule has 0 aliphatic carbocycles. The molecular weight excluding hydrogens is 144 g/mol. The molecule has 0 radical (unpaired) electrons. The van der Waals surface area contributed by atoms with Crippen LogP contribution in [0.1, 0.15) is 27.2 Å². The van der Waals surface area contributed by atoms with Crippen molar-refractivity contribution in [3.63, 3.8) is 0 Å². The van der Waals surface area contributed by atoms with E-state index >= 15 is 0 Å². The van der Waals surface area contributed by atoms with E-state index in [1.807, 2.05) is 6.92 Å². The lowest BCUT2D eigenvalue weighted by molar-refractivity contribution is -0.132. The number of hydrogen-bond acceptors (Lipinski definition) is 2. The SMILES string of the molecule is CC/C(=C(/C)C(=O)O)C(C)O.